The smallest absolute Gasteiger partial charge is 0.321 e. The van der Waals surface area contributed by atoms with Crippen LogP contribution in [0.25, 0.3) is 0 Å². The van der Waals surface area contributed by atoms with Gasteiger partial charge in [0, 0.05) is 72.3 Å². The van der Waals surface area contributed by atoms with Crippen molar-refractivity contribution in [1.29, 1.82) is 0 Å². The molecule has 0 unspecified atom stereocenters. The number of hydrogen-bond acceptors (Lipinski definition) is 5. The zero-order valence-electron chi connectivity index (χ0n) is 21.2. The van der Waals surface area contributed by atoms with Crippen molar-refractivity contribution in [3.63, 3.8) is 0 Å². The average molecular weight is 524 g/mol. The number of rotatable bonds is 9. The van der Waals surface area contributed by atoms with Gasteiger partial charge in [-0.15, -0.1) is 0 Å². The Kier molecular flexibility index (Phi) is 9.78. The zero-order chi connectivity index (χ0) is 25.5. The number of anilines is 2. The van der Waals surface area contributed by atoms with E-state index in [-0.39, 0.29) is 6.03 Å². The van der Waals surface area contributed by atoms with Crippen LogP contribution in [0.1, 0.15) is 27.7 Å². The number of hydrogen-bond donors (Lipinski definition) is 1. The van der Waals surface area contributed by atoms with Crippen LogP contribution in [-0.4, -0.2) is 74.4 Å². The van der Waals surface area contributed by atoms with E-state index in [9.17, 15) is 4.79 Å². The van der Waals surface area contributed by atoms with Gasteiger partial charge in [0.15, 0.2) is 11.5 Å². The van der Waals surface area contributed by atoms with Crippen LogP contribution in [0.15, 0.2) is 36.4 Å². The Morgan fingerprint density at radius 2 is 1.60 bits per heavy atom. The normalized spacial score (nSPS) is 14.1. The molecule has 0 bridgehead atoms. The monoisotopic (exact) mass is 522 g/mol. The summed E-state index contributed by atoms with van der Waals surface area (Å²) in [6.07, 6.45) is 0. The summed E-state index contributed by atoms with van der Waals surface area (Å²) in [6.45, 7) is 12.6. The Labute approximate surface area is 218 Å². The molecule has 1 N–H and O–H groups in total. The second kappa shape index (κ2) is 12.6. The molecule has 9 heteroatoms. The first kappa shape index (κ1) is 27.2. The third-order valence-electron chi connectivity index (χ3n) is 6.13. The van der Waals surface area contributed by atoms with E-state index in [1.165, 1.54) is 0 Å². The topological polar surface area (TPSA) is 57.3 Å². The van der Waals surface area contributed by atoms with Gasteiger partial charge in [0.2, 0.25) is 0 Å². The molecule has 3 rings (SSSR count). The molecule has 0 aromatic heterocycles. The maximum atomic E-state index is 12.9. The molecule has 2 amide bonds. The molecular weight excluding hydrogens is 487 g/mol. The molecule has 0 aliphatic carbocycles. The van der Waals surface area contributed by atoms with Crippen molar-refractivity contribution in [3.05, 3.63) is 46.4 Å². The van der Waals surface area contributed by atoms with Crippen molar-refractivity contribution in [2.24, 2.45) is 0 Å². The summed E-state index contributed by atoms with van der Waals surface area (Å²) in [4.78, 5) is 19.3. The van der Waals surface area contributed by atoms with E-state index in [1.54, 1.807) is 18.1 Å². The van der Waals surface area contributed by atoms with E-state index in [1.807, 2.05) is 30.3 Å². The van der Waals surface area contributed by atoms with Crippen LogP contribution in [0.4, 0.5) is 16.2 Å². The quantitative estimate of drug-likeness (QED) is 0.447. The van der Waals surface area contributed by atoms with Gasteiger partial charge in [0.05, 0.1) is 7.11 Å². The molecule has 2 aromatic carbocycles. The van der Waals surface area contributed by atoms with Gasteiger partial charge in [-0.3, -0.25) is 4.90 Å². The fourth-order valence-corrected chi connectivity index (χ4v) is 4.85. The number of methoxy groups -OCH3 is 1. The van der Waals surface area contributed by atoms with E-state index in [0.717, 1.165) is 12.2 Å². The van der Waals surface area contributed by atoms with Crippen LogP contribution in [0, 0.1) is 0 Å². The number of nitrogens with one attached hydrogen (secondary N) is 1. The highest BCUT2D eigenvalue weighted by Crippen LogP contribution is 2.31. The van der Waals surface area contributed by atoms with Crippen LogP contribution in [0.3, 0.4) is 0 Å². The summed E-state index contributed by atoms with van der Waals surface area (Å²) in [7, 11) is 1.61. The third kappa shape index (κ3) is 7.56. The number of piperazine rings is 1. The molecule has 7 nitrogen and oxygen atoms in total. The summed E-state index contributed by atoms with van der Waals surface area (Å²) in [5.74, 6) is 1.25. The molecule has 0 saturated carbocycles. The first-order valence-corrected chi connectivity index (χ1v) is 12.8. The SMILES string of the molecule is COc1ccc(NC(=O)N2CCN(c3cc(Cl)cc(Cl)c3)CC2)cc1OCCN(C(C)C)C(C)C. The van der Waals surface area contributed by atoms with Gasteiger partial charge in [-0.25, -0.2) is 4.79 Å². The fraction of sp³-hybridized carbons (Fsp3) is 0.500. The Balaban J connectivity index is 1.57. The lowest BCUT2D eigenvalue weighted by molar-refractivity contribution is 0.140. The minimum Gasteiger partial charge on any atom is -0.493 e. The molecule has 35 heavy (non-hydrogen) atoms. The van der Waals surface area contributed by atoms with Crippen molar-refractivity contribution in [3.8, 4) is 11.5 Å². The summed E-state index contributed by atoms with van der Waals surface area (Å²) in [5, 5.41) is 4.20. The van der Waals surface area contributed by atoms with Crippen LogP contribution < -0.4 is 19.7 Å². The summed E-state index contributed by atoms with van der Waals surface area (Å²) < 4.78 is 11.5. The Morgan fingerprint density at radius 1 is 0.971 bits per heavy atom. The Hall–Kier alpha value is -2.35. The van der Waals surface area contributed by atoms with E-state index < -0.39 is 0 Å². The van der Waals surface area contributed by atoms with Crippen molar-refractivity contribution in [2.45, 2.75) is 39.8 Å². The first-order chi connectivity index (χ1) is 16.7. The summed E-state index contributed by atoms with van der Waals surface area (Å²) >= 11 is 12.3. The minimum absolute atomic E-state index is 0.143. The van der Waals surface area contributed by atoms with Gasteiger partial charge < -0.3 is 24.6 Å². The predicted octanol–water partition coefficient (Wildman–Crippen LogP) is 5.85. The number of benzene rings is 2. The van der Waals surface area contributed by atoms with Gasteiger partial charge in [0.25, 0.3) is 0 Å². The highest BCUT2D eigenvalue weighted by atomic mass is 35.5. The van der Waals surface area contributed by atoms with E-state index in [4.69, 9.17) is 32.7 Å². The standard InChI is InChI=1S/C26H36Cl2N4O3/c1-18(2)32(19(3)4)12-13-35-25-17-22(6-7-24(25)34-5)29-26(33)31-10-8-30(9-11-31)23-15-20(27)14-21(28)16-23/h6-7,14-19H,8-13H2,1-5H3,(H,29,33). The van der Waals surface area contributed by atoms with Gasteiger partial charge >= 0.3 is 6.03 Å². The summed E-state index contributed by atoms with van der Waals surface area (Å²) in [5.41, 5.74) is 1.63. The van der Waals surface area contributed by atoms with E-state index in [0.29, 0.717) is 72.1 Å². The third-order valence-corrected chi connectivity index (χ3v) is 6.56. The molecule has 0 atom stereocenters. The van der Waals surface area contributed by atoms with Crippen molar-refractivity contribution in [2.75, 3.05) is 56.7 Å². The number of nitrogens with zero attached hydrogens (tertiary/aromatic N) is 3. The second-order valence-corrected chi connectivity index (χ2v) is 10.0. The van der Waals surface area contributed by atoms with Crippen molar-refractivity contribution < 1.29 is 14.3 Å². The largest absolute Gasteiger partial charge is 0.493 e. The van der Waals surface area contributed by atoms with Crippen molar-refractivity contribution in [1.82, 2.24) is 9.80 Å². The molecular formula is C26H36Cl2N4O3. The van der Waals surface area contributed by atoms with Crippen LogP contribution >= 0.6 is 23.2 Å². The van der Waals surface area contributed by atoms with E-state index in [2.05, 4.69) is 42.8 Å². The number of carbonyl (C=O) groups is 1. The molecule has 0 radical (unpaired) electrons. The molecule has 1 heterocycles. The number of urea groups is 1. The molecule has 1 aliphatic rings. The molecule has 1 saturated heterocycles. The predicted molar refractivity (Wildman–Crippen MR) is 145 cm³/mol. The number of ether oxygens (including phenoxy) is 2. The van der Waals surface area contributed by atoms with Gasteiger partial charge in [-0.05, 0) is 58.0 Å². The zero-order valence-corrected chi connectivity index (χ0v) is 22.7. The Morgan fingerprint density at radius 3 is 2.17 bits per heavy atom. The van der Waals surface area contributed by atoms with Crippen LogP contribution in [0.2, 0.25) is 10.0 Å². The maximum absolute atomic E-state index is 12.9. The highest BCUT2D eigenvalue weighted by Gasteiger charge is 2.22. The molecule has 192 valence electrons. The summed E-state index contributed by atoms with van der Waals surface area (Å²) in [6, 6.07) is 11.7. The van der Waals surface area contributed by atoms with Gasteiger partial charge in [-0.1, -0.05) is 23.2 Å². The van der Waals surface area contributed by atoms with Crippen LogP contribution in [-0.2, 0) is 0 Å². The van der Waals surface area contributed by atoms with Gasteiger partial charge in [-0.2, -0.15) is 0 Å². The molecule has 2 aromatic rings. The molecule has 1 fully saturated rings. The van der Waals surface area contributed by atoms with Crippen molar-refractivity contribution >= 4 is 40.6 Å². The van der Waals surface area contributed by atoms with E-state index >= 15 is 0 Å². The lowest BCUT2D eigenvalue weighted by Gasteiger charge is -2.36. The number of amides is 2. The highest BCUT2D eigenvalue weighted by molar-refractivity contribution is 6.35. The first-order valence-electron chi connectivity index (χ1n) is 12.0. The number of carbonyl (C=O) groups excluding carboxylic acids is 1. The molecule has 1 aliphatic heterocycles. The van der Waals surface area contributed by atoms with Gasteiger partial charge in [0.1, 0.15) is 6.61 Å². The lowest BCUT2D eigenvalue weighted by atomic mass is 10.2. The fourth-order valence-electron chi connectivity index (χ4n) is 4.33. The second-order valence-electron chi connectivity index (χ2n) is 9.17. The molecule has 0 spiro atoms. The number of halogens is 2. The van der Waals surface area contributed by atoms with Crippen LogP contribution in [0.5, 0.6) is 11.5 Å². The minimum atomic E-state index is -0.143. The maximum Gasteiger partial charge on any atom is 0.321 e. The average Bonchev–Trinajstić information content (AvgIpc) is 2.81. The Bertz CT molecular complexity index is 966. The lowest BCUT2D eigenvalue weighted by Crippen LogP contribution is -2.50.